The van der Waals surface area contributed by atoms with Crippen LogP contribution < -0.4 is 0 Å². The van der Waals surface area contributed by atoms with Crippen molar-refractivity contribution in [1.29, 1.82) is 0 Å². The fraction of sp³-hybridized carbons (Fsp3) is 0.526. The number of carbonyl (C=O) groups is 3. The molecule has 0 aromatic rings. The molecule has 3 aliphatic rings. The maximum Gasteiger partial charge on any atom is 0.334 e. The van der Waals surface area contributed by atoms with Crippen LogP contribution in [0.1, 0.15) is 33.6 Å². The topological polar surface area (TPSA) is 78.9 Å². The summed E-state index contributed by atoms with van der Waals surface area (Å²) in [6.07, 6.45) is 2.92. The Morgan fingerprint density at radius 3 is 2.64 bits per heavy atom. The number of carbonyl (C=O) groups excluding carboxylic acids is 3. The van der Waals surface area contributed by atoms with Crippen molar-refractivity contribution in [1.82, 2.24) is 0 Å². The zero-order valence-corrected chi connectivity index (χ0v) is 14.6. The quantitative estimate of drug-likeness (QED) is 0.330. The Morgan fingerprint density at radius 1 is 1.24 bits per heavy atom. The molecule has 0 spiro atoms. The smallest absolute Gasteiger partial charge is 0.334 e. The van der Waals surface area contributed by atoms with Gasteiger partial charge in [0, 0.05) is 24.0 Å². The lowest BCUT2D eigenvalue weighted by molar-refractivity contribution is -0.149. The third-order valence-corrected chi connectivity index (χ3v) is 4.92. The van der Waals surface area contributed by atoms with Gasteiger partial charge in [-0.05, 0) is 26.0 Å². The number of hydrogen-bond donors (Lipinski definition) is 0. The highest BCUT2D eigenvalue weighted by molar-refractivity contribution is 5.91. The van der Waals surface area contributed by atoms with Gasteiger partial charge in [0.15, 0.2) is 0 Å². The predicted octanol–water partition coefficient (Wildman–Crippen LogP) is 2.24. The summed E-state index contributed by atoms with van der Waals surface area (Å²) in [6, 6.07) is 0. The van der Waals surface area contributed by atoms with Crippen molar-refractivity contribution < 1.29 is 28.6 Å². The summed E-state index contributed by atoms with van der Waals surface area (Å²) in [6.45, 7) is 8.82. The highest BCUT2D eigenvalue weighted by atomic mass is 16.6. The summed E-state index contributed by atoms with van der Waals surface area (Å²) in [5, 5.41) is 0. The van der Waals surface area contributed by atoms with Crippen molar-refractivity contribution in [3.05, 3.63) is 35.5 Å². The van der Waals surface area contributed by atoms with Gasteiger partial charge in [0.2, 0.25) is 0 Å². The third-order valence-electron chi connectivity index (χ3n) is 4.92. The van der Waals surface area contributed by atoms with Gasteiger partial charge in [-0.25, -0.2) is 9.59 Å². The second kappa shape index (κ2) is 6.50. The number of rotatable bonds is 2. The minimum Gasteiger partial charge on any atom is -0.458 e. The zero-order chi connectivity index (χ0) is 18.3. The second-order valence-electron chi connectivity index (χ2n) is 7.05. The zero-order valence-electron chi connectivity index (χ0n) is 14.6. The summed E-state index contributed by atoms with van der Waals surface area (Å²) in [4.78, 5) is 36.3. The first-order valence-corrected chi connectivity index (χ1v) is 8.42. The number of hydrogen-bond acceptors (Lipinski definition) is 6. The van der Waals surface area contributed by atoms with Crippen molar-refractivity contribution in [2.24, 2.45) is 11.8 Å². The van der Waals surface area contributed by atoms with Crippen LogP contribution in [0.15, 0.2) is 35.5 Å². The molecule has 0 aromatic carbocycles. The molecule has 0 aromatic heterocycles. The molecule has 2 bridgehead atoms. The lowest BCUT2D eigenvalue weighted by Crippen LogP contribution is -2.36. The lowest BCUT2D eigenvalue weighted by Gasteiger charge is -2.28. The molecule has 1 unspecified atom stereocenters. The highest BCUT2D eigenvalue weighted by Gasteiger charge is 2.48. The SMILES string of the molecule is C=C(C)C(=O)O[C@H]1CC2=C[C@H](C/C(C)=C/[C@H]3OC(=O)[C@@H](C)C13)OC2=O. The van der Waals surface area contributed by atoms with Crippen LogP contribution in [-0.4, -0.2) is 36.2 Å². The first-order valence-electron chi connectivity index (χ1n) is 8.42. The molecule has 6 heteroatoms. The van der Waals surface area contributed by atoms with Crippen molar-refractivity contribution in [3.8, 4) is 0 Å². The van der Waals surface area contributed by atoms with Gasteiger partial charge in [0.1, 0.15) is 18.3 Å². The molecule has 0 N–H and O–H groups in total. The van der Waals surface area contributed by atoms with Crippen LogP contribution in [-0.2, 0) is 28.6 Å². The van der Waals surface area contributed by atoms with Gasteiger partial charge in [0.25, 0.3) is 0 Å². The molecule has 2 aliphatic heterocycles. The van der Waals surface area contributed by atoms with Crippen LogP contribution >= 0.6 is 0 Å². The van der Waals surface area contributed by atoms with Gasteiger partial charge in [-0.15, -0.1) is 0 Å². The molecule has 1 fully saturated rings. The molecule has 0 saturated carbocycles. The van der Waals surface area contributed by atoms with Crippen molar-refractivity contribution in [3.63, 3.8) is 0 Å². The van der Waals surface area contributed by atoms with Gasteiger partial charge < -0.3 is 14.2 Å². The molecule has 25 heavy (non-hydrogen) atoms. The van der Waals surface area contributed by atoms with E-state index in [1.54, 1.807) is 19.9 Å². The van der Waals surface area contributed by atoms with E-state index >= 15 is 0 Å². The predicted molar refractivity (Wildman–Crippen MR) is 88.2 cm³/mol. The van der Waals surface area contributed by atoms with E-state index in [2.05, 4.69) is 6.58 Å². The standard InChI is InChI=1S/C19H22O6/c1-9(2)17(20)24-15-8-12-7-13(23-19(12)22)5-10(3)6-14-16(15)11(4)18(21)25-14/h6-7,11,13-16H,1,5,8H2,2-4H3/b10-6+/t11-,13-,14+,15-,16?/m0/s1. The van der Waals surface area contributed by atoms with E-state index in [1.165, 1.54) is 0 Å². The fourth-order valence-electron chi connectivity index (χ4n) is 3.61. The summed E-state index contributed by atoms with van der Waals surface area (Å²) in [5.74, 6) is -2.07. The number of esters is 3. The summed E-state index contributed by atoms with van der Waals surface area (Å²) < 4.78 is 16.5. The van der Waals surface area contributed by atoms with Gasteiger partial charge >= 0.3 is 17.9 Å². The molecule has 1 aliphatic carbocycles. The molecule has 1 saturated heterocycles. The summed E-state index contributed by atoms with van der Waals surface area (Å²) in [7, 11) is 0. The van der Waals surface area contributed by atoms with Crippen LogP contribution in [0.4, 0.5) is 0 Å². The van der Waals surface area contributed by atoms with Crippen molar-refractivity contribution in [2.45, 2.75) is 51.9 Å². The van der Waals surface area contributed by atoms with Crippen LogP contribution in [0.25, 0.3) is 0 Å². The van der Waals surface area contributed by atoms with E-state index in [-0.39, 0.29) is 30.0 Å². The third kappa shape index (κ3) is 3.38. The van der Waals surface area contributed by atoms with Crippen LogP contribution in [0, 0.1) is 11.8 Å². The largest absolute Gasteiger partial charge is 0.458 e. The van der Waals surface area contributed by atoms with Gasteiger partial charge in [-0.2, -0.15) is 0 Å². The van der Waals surface area contributed by atoms with Crippen molar-refractivity contribution in [2.75, 3.05) is 0 Å². The van der Waals surface area contributed by atoms with E-state index in [4.69, 9.17) is 14.2 Å². The Morgan fingerprint density at radius 2 is 1.96 bits per heavy atom. The normalized spacial score (nSPS) is 36.4. The number of ether oxygens (including phenoxy) is 3. The Labute approximate surface area is 146 Å². The Kier molecular flexibility index (Phi) is 4.54. The first kappa shape index (κ1) is 17.5. The highest BCUT2D eigenvalue weighted by Crippen LogP contribution is 2.38. The molecular weight excluding hydrogens is 324 g/mol. The van der Waals surface area contributed by atoms with Crippen molar-refractivity contribution >= 4 is 17.9 Å². The minimum atomic E-state index is -0.671. The molecule has 0 radical (unpaired) electrons. The first-order chi connectivity index (χ1) is 11.8. The van der Waals surface area contributed by atoms with Crippen LogP contribution in [0.2, 0.25) is 0 Å². The van der Waals surface area contributed by atoms with Gasteiger partial charge in [-0.1, -0.05) is 19.1 Å². The van der Waals surface area contributed by atoms with Gasteiger partial charge in [0.05, 0.1) is 11.8 Å². The number of fused-ring (bicyclic) bond motifs is 2. The molecule has 2 heterocycles. The minimum absolute atomic E-state index is 0.198. The molecule has 3 rings (SSSR count). The molecule has 6 nitrogen and oxygen atoms in total. The van der Waals surface area contributed by atoms with E-state index < -0.39 is 30.1 Å². The monoisotopic (exact) mass is 346 g/mol. The molecule has 5 atom stereocenters. The van der Waals surface area contributed by atoms with Crippen LogP contribution in [0.5, 0.6) is 0 Å². The molecular formula is C19H22O6. The van der Waals surface area contributed by atoms with E-state index in [1.807, 2.05) is 13.0 Å². The Balaban J connectivity index is 1.99. The average Bonchev–Trinajstić information content (AvgIpc) is 2.98. The lowest BCUT2D eigenvalue weighted by atomic mass is 9.82. The summed E-state index contributed by atoms with van der Waals surface area (Å²) >= 11 is 0. The van der Waals surface area contributed by atoms with E-state index in [9.17, 15) is 14.4 Å². The summed E-state index contributed by atoms with van der Waals surface area (Å²) in [5.41, 5.74) is 1.70. The molecule has 134 valence electrons. The van der Waals surface area contributed by atoms with Gasteiger partial charge in [-0.3, -0.25) is 4.79 Å². The maximum absolute atomic E-state index is 12.1. The Hall–Kier alpha value is -2.37. The fourth-order valence-corrected chi connectivity index (χ4v) is 3.61. The Bertz CT molecular complexity index is 701. The molecule has 0 amide bonds. The maximum atomic E-state index is 12.1. The van der Waals surface area contributed by atoms with Crippen LogP contribution in [0.3, 0.4) is 0 Å². The van der Waals surface area contributed by atoms with E-state index in [0.717, 1.165) is 5.57 Å². The second-order valence-corrected chi connectivity index (χ2v) is 7.05. The van der Waals surface area contributed by atoms with E-state index in [0.29, 0.717) is 12.0 Å². The average molecular weight is 346 g/mol.